The summed E-state index contributed by atoms with van der Waals surface area (Å²) < 4.78 is 31.4. The van der Waals surface area contributed by atoms with E-state index in [0.29, 0.717) is 4.31 Å². The predicted molar refractivity (Wildman–Crippen MR) is 74.5 cm³/mol. The Hall–Kier alpha value is -1.21. The molecular weight excluding hydrogens is 343 g/mol. The minimum atomic E-state index is -4.64. The predicted octanol–water partition coefficient (Wildman–Crippen LogP) is -3.45. The van der Waals surface area contributed by atoms with Crippen LogP contribution in [0.2, 0.25) is 0 Å². The summed E-state index contributed by atoms with van der Waals surface area (Å²) in [5.74, 6) is -2.03. The van der Waals surface area contributed by atoms with Crippen molar-refractivity contribution >= 4 is 63.6 Å². The van der Waals surface area contributed by atoms with Crippen LogP contribution in [-0.2, 0) is 24.7 Å². The topological polar surface area (TPSA) is 153 Å². The number of carbonyl (C=O) groups is 4. The summed E-state index contributed by atoms with van der Waals surface area (Å²) in [4.78, 5) is 47.4. The maximum absolute atomic E-state index is 12.1. The third-order valence-corrected chi connectivity index (χ3v) is 4.86. The molecule has 3 heterocycles. The van der Waals surface area contributed by atoms with Gasteiger partial charge in [0, 0.05) is 6.54 Å². The third-order valence-electron chi connectivity index (χ3n) is 3.91. The Kier molecular flexibility index (Phi) is 4.74. The number of nitrogens with zero attached hydrogens (tertiary/aromatic N) is 2. The van der Waals surface area contributed by atoms with Gasteiger partial charge in [-0.05, 0) is 6.42 Å². The number of rotatable bonds is 2. The van der Waals surface area contributed by atoms with Crippen molar-refractivity contribution in [3.63, 3.8) is 0 Å². The molecule has 3 N–H and O–H groups in total. The molecule has 0 unspecified atom stereocenters. The van der Waals surface area contributed by atoms with E-state index < -0.39 is 52.2 Å². The molecule has 0 aromatic rings. The average molecular weight is 356 g/mol. The van der Waals surface area contributed by atoms with Crippen molar-refractivity contribution in [2.75, 3.05) is 6.54 Å². The zero-order valence-corrected chi connectivity index (χ0v) is 11.9. The van der Waals surface area contributed by atoms with E-state index in [1.807, 2.05) is 5.32 Å². The summed E-state index contributed by atoms with van der Waals surface area (Å²) in [6.45, 7) is 0.0984. The second-order valence-corrected chi connectivity index (χ2v) is 6.51. The van der Waals surface area contributed by atoms with Gasteiger partial charge in [0.25, 0.3) is 5.91 Å². The van der Waals surface area contributed by atoms with E-state index in [0.717, 1.165) is 4.90 Å². The molecule has 23 heavy (non-hydrogen) atoms. The number of hydrogen-bond acceptors (Lipinski definition) is 6. The molecular formula is C10H13N4NaO7S. The van der Waals surface area contributed by atoms with Crippen molar-refractivity contribution in [1.29, 1.82) is 0 Å². The van der Waals surface area contributed by atoms with Crippen molar-refractivity contribution in [2.45, 2.75) is 31.0 Å². The summed E-state index contributed by atoms with van der Waals surface area (Å²) in [6.07, 6.45) is 0.0109. The molecule has 0 spiro atoms. The number of fused-ring (bicyclic) bond motifs is 1. The number of hydrogen-bond donors (Lipinski definition) is 3. The minimum absolute atomic E-state index is 0. The summed E-state index contributed by atoms with van der Waals surface area (Å²) in [6, 6.07) is -3.52. The van der Waals surface area contributed by atoms with Crippen molar-refractivity contribution in [3.05, 3.63) is 0 Å². The fourth-order valence-corrected chi connectivity index (χ4v) is 3.84. The van der Waals surface area contributed by atoms with Crippen LogP contribution < -0.4 is 10.6 Å². The Morgan fingerprint density at radius 1 is 1.30 bits per heavy atom. The summed E-state index contributed by atoms with van der Waals surface area (Å²) in [7, 11) is -4.64. The first kappa shape index (κ1) is 18.1. The van der Waals surface area contributed by atoms with E-state index >= 15 is 0 Å². The zero-order chi connectivity index (χ0) is 16.2. The van der Waals surface area contributed by atoms with Gasteiger partial charge in [0.1, 0.15) is 12.1 Å². The van der Waals surface area contributed by atoms with Crippen LogP contribution >= 0.6 is 0 Å². The second-order valence-electron chi connectivity index (χ2n) is 5.22. The standard InChI is InChI=1S/C10H12N4O7S.Na.H/c15-6-3-4(8(16)12-6)11-10(18)13-2-1-5-7(13)9(17)14(5)22(19,20)21;;/h4-5,7H,1-3H2,(H,11,18)(H,12,15,16)(H,19,20,21);;/t4-,5+,7-;;/m0../s1. The molecule has 5 amide bonds. The molecule has 3 rings (SSSR count). The number of β-lactam (4-membered cyclic amide) rings is 1. The Morgan fingerprint density at radius 3 is 2.48 bits per heavy atom. The summed E-state index contributed by atoms with van der Waals surface area (Å²) in [5.41, 5.74) is 0. The van der Waals surface area contributed by atoms with Crippen LogP contribution in [0.3, 0.4) is 0 Å². The van der Waals surface area contributed by atoms with Gasteiger partial charge < -0.3 is 10.2 Å². The number of likely N-dealkylation sites (tertiary alicyclic amines) is 1. The van der Waals surface area contributed by atoms with E-state index in [2.05, 4.69) is 5.32 Å². The first-order valence-corrected chi connectivity index (χ1v) is 7.81. The van der Waals surface area contributed by atoms with E-state index in [1.54, 1.807) is 0 Å². The monoisotopic (exact) mass is 356 g/mol. The first-order chi connectivity index (χ1) is 10.2. The molecule has 0 aromatic heterocycles. The van der Waals surface area contributed by atoms with Gasteiger partial charge in [-0.3, -0.25) is 24.3 Å². The van der Waals surface area contributed by atoms with Crippen molar-refractivity contribution < 1.29 is 32.1 Å². The molecule has 13 heteroatoms. The van der Waals surface area contributed by atoms with Gasteiger partial charge in [0.05, 0.1) is 12.5 Å². The van der Waals surface area contributed by atoms with Crippen LogP contribution in [0.1, 0.15) is 12.8 Å². The summed E-state index contributed by atoms with van der Waals surface area (Å²) >= 11 is 0. The van der Waals surface area contributed by atoms with Gasteiger partial charge in [-0.1, -0.05) is 0 Å². The molecule has 3 fully saturated rings. The molecule has 3 atom stereocenters. The van der Waals surface area contributed by atoms with Crippen molar-refractivity contribution in [1.82, 2.24) is 19.8 Å². The van der Waals surface area contributed by atoms with E-state index in [9.17, 15) is 27.6 Å². The van der Waals surface area contributed by atoms with Crippen LogP contribution in [0.4, 0.5) is 4.79 Å². The third kappa shape index (κ3) is 2.96. The van der Waals surface area contributed by atoms with Crippen LogP contribution in [0.15, 0.2) is 0 Å². The van der Waals surface area contributed by atoms with Crippen LogP contribution in [0, 0.1) is 0 Å². The molecule has 3 aliphatic heterocycles. The molecule has 0 radical (unpaired) electrons. The van der Waals surface area contributed by atoms with Gasteiger partial charge in [-0.25, -0.2) is 9.10 Å². The molecule has 122 valence electrons. The van der Waals surface area contributed by atoms with Crippen LogP contribution in [0.25, 0.3) is 0 Å². The van der Waals surface area contributed by atoms with Crippen molar-refractivity contribution in [3.8, 4) is 0 Å². The Labute approximate surface area is 152 Å². The molecule has 0 bridgehead atoms. The van der Waals surface area contributed by atoms with E-state index in [4.69, 9.17) is 4.55 Å². The first-order valence-electron chi connectivity index (χ1n) is 6.41. The molecule has 0 saturated carbocycles. The Bertz CT molecular complexity index is 695. The van der Waals surface area contributed by atoms with Gasteiger partial charge >= 0.3 is 45.9 Å². The van der Waals surface area contributed by atoms with Crippen molar-refractivity contribution in [2.24, 2.45) is 0 Å². The fourth-order valence-electron chi connectivity index (χ4n) is 2.95. The molecule has 3 aliphatic rings. The number of carbonyl (C=O) groups excluding carboxylic acids is 4. The van der Waals surface area contributed by atoms with Gasteiger partial charge in [-0.2, -0.15) is 8.42 Å². The number of imide groups is 1. The Morgan fingerprint density at radius 2 is 1.96 bits per heavy atom. The fraction of sp³-hybridized carbons (Fsp3) is 0.600. The molecule has 0 aliphatic carbocycles. The molecule has 11 nitrogen and oxygen atoms in total. The quantitative estimate of drug-likeness (QED) is 0.201. The number of amides is 5. The van der Waals surface area contributed by atoms with E-state index in [1.165, 1.54) is 0 Å². The summed E-state index contributed by atoms with van der Waals surface area (Å²) in [5, 5.41) is 4.37. The van der Waals surface area contributed by atoms with Gasteiger partial charge in [-0.15, -0.1) is 0 Å². The van der Waals surface area contributed by atoms with Gasteiger partial charge in [0.15, 0.2) is 0 Å². The SMILES string of the molecule is O=C1C[C@H](NC(=O)N2CC[C@@H]3[C@H]2C(=O)N3S(=O)(=O)O)C(=O)N1.[NaH]. The van der Waals surface area contributed by atoms with Crippen LogP contribution in [-0.4, -0.2) is 100 Å². The van der Waals surface area contributed by atoms with Crippen LogP contribution in [0.5, 0.6) is 0 Å². The number of nitrogens with one attached hydrogen (secondary N) is 2. The zero-order valence-electron chi connectivity index (χ0n) is 11.1. The molecule has 3 saturated heterocycles. The Balaban J connectivity index is 0.00000192. The average Bonchev–Trinajstić information content (AvgIpc) is 2.88. The number of urea groups is 1. The maximum atomic E-state index is 12.1. The van der Waals surface area contributed by atoms with E-state index in [-0.39, 0.29) is 48.9 Å². The van der Waals surface area contributed by atoms with Gasteiger partial charge in [0.2, 0.25) is 11.8 Å². The second kappa shape index (κ2) is 6.02. The normalized spacial score (nSPS) is 29.6. The molecule has 0 aromatic carbocycles.